The van der Waals surface area contributed by atoms with Crippen LogP contribution < -0.4 is 0 Å². The molecule has 0 amide bonds. The summed E-state index contributed by atoms with van der Waals surface area (Å²) in [5, 5.41) is 0. The fourth-order valence-corrected chi connectivity index (χ4v) is 10.4. The van der Waals surface area contributed by atoms with Crippen molar-refractivity contribution in [1.82, 2.24) is 0 Å². The van der Waals surface area contributed by atoms with Crippen LogP contribution in [-0.2, 0) is 23.6 Å². The van der Waals surface area contributed by atoms with Gasteiger partial charge in [0.1, 0.15) is 6.10 Å². The number of hydrogen-bond donors (Lipinski definition) is 0. The van der Waals surface area contributed by atoms with E-state index in [4.69, 9.17) is 36.5 Å². The maximum Gasteiger partial charge on any atom is 0.305 e. The number of fused-ring (bicyclic) bond motifs is 5. The number of hydrogen-bond acceptors (Lipinski definition) is 5. The van der Waals surface area contributed by atoms with E-state index in [2.05, 4.69) is 20.8 Å². The summed E-state index contributed by atoms with van der Waals surface area (Å²) >= 11 is 12.7. The molecule has 5 nitrogen and oxygen atoms in total. The van der Waals surface area contributed by atoms with Crippen LogP contribution in [0.1, 0.15) is 91.9 Å². The van der Waals surface area contributed by atoms with Crippen LogP contribution in [-0.4, -0.2) is 31.3 Å². The van der Waals surface area contributed by atoms with E-state index < -0.39 is 6.85 Å². The first-order valence-corrected chi connectivity index (χ1v) is 16.6. The molecule has 4 aliphatic carbocycles. The Morgan fingerprint density at radius 1 is 1.06 bits per heavy atom. The number of methoxy groups -OCH3 is 1. The lowest BCUT2D eigenvalue weighted by atomic mass is 9.43. The summed E-state index contributed by atoms with van der Waals surface area (Å²) in [4.78, 5) is 23.4. The third kappa shape index (κ3) is 5.27. The summed E-state index contributed by atoms with van der Waals surface area (Å²) < 4.78 is 17.0. The van der Waals surface area contributed by atoms with Gasteiger partial charge in [-0.15, -0.1) is 0 Å². The van der Waals surface area contributed by atoms with Gasteiger partial charge >= 0.3 is 11.9 Å². The molecule has 4 rings (SSSR count). The van der Waals surface area contributed by atoms with Crippen LogP contribution in [0.25, 0.3) is 0 Å². The number of carbonyl (C=O) groups is 2. The molecular weight excluding hydrogens is 506 g/mol. The zero-order chi connectivity index (χ0) is 25.5. The largest absolute Gasteiger partial charge is 0.469 e. The molecule has 0 bridgehead atoms. The van der Waals surface area contributed by atoms with Crippen molar-refractivity contribution >= 4 is 41.3 Å². The third-order valence-electron chi connectivity index (χ3n) is 11.0. The molecule has 0 saturated heterocycles. The van der Waals surface area contributed by atoms with Gasteiger partial charge < -0.3 is 14.0 Å². The Morgan fingerprint density at radius 2 is 1.80 bits per heavy atom. The summed E-state index contributed by atoms with van der Waals surface area (Å²) in [7, 11) is 1.46. The molecule has 4 saturated carbocycles. The van der Waals surface area contributed by atoms with Crippen molar-refractivity contribution in [1.29, 1.82) is 0 Å². The fraction of sp³-hybridized carbons (Fsp3) is 0.926. The van der Waals surface area contributed by atoms with E-state index in [1.165, 1.54) is 39.7 Å². The molecule has 10 atom stereocenters. The van der Waals surface area contributed by atoms with E-state index in [9.17, 15) is 9.59 Å². The van der Waals surface area contributed by atoms with Crippen molar-refractivity contribution in [2.45, 2.75) is 104 Å². The highest BCUT2D eigenvalue weighted by molar-refractivity contribution is 8.00. The Balaban J connectivity index is 1.57. The van der Waals surface area contributed by atoms with Gasteiger partial charge in [-0.25, -0.2) is 0 Å². The molecule has 0 unspecified atom stereocenters. The van der Waals surface area contributed by atoms with Crippen LogP contribution in [0, 0.1) is 46.3 Å². The molecule has 0 N–H and O–H groups in total. The van der Waals surface area contributed by atoms with Crippen LogP contribution in [0.15, 0.2) is 0 Å². The quantitative estimate of drug-likeness (QED) is 0.239. The normalized spacial score (nSPS) is 43.6. The Hall–Kier alpha value is -0.0900. The van der Waals surface area contributed by atoms with Gasteiger partial charge in [-0.3, -0.25) is 9.59 Å². The molecule has 0 aromatic heterocycles. The van der Waals surface area contributed by atoms with Crippen LogP contribution in [0.5, 0.6) is 0 Å². The van der Waals surface area contributed by atoms with E-state index >= 15 is 0 Å². The monoisotopic (exact) mass is 548 g/mol. The van der Waals surface area contributed by atoms with E-state index in [0.717, 1.165) is 32.1 Å². The lowest BCUT2D eigenvalue weighted by molar-refractivity contribution is -0.175. The highest BCUT2D eigenvalue weighted by Crippen LogP contribution is 2.70. The van der Waals surface area contributed by atoms with Crippen LogP contribution in [0.4, 0.5) is 0 Å². The predicted octanol–water partition coefficient (Wildman–Crippen LogP) is 7.87. The Labute approximate surface area is 222 Å². The standard InChI is InChI=1S/C27H43Cl2O5P/c1-16(6-11-25(31)32-5)21-9-10-22-20-8-7-18-14-19(33-17(2)30)12-13-26(18,3)23(20)15-24(27(21,22)4)34-35(28)29/h16,18-24H,6-15H2,1-5H3/t16-,18-,19-,20+,21-,22+,23+,24+,26+,27-/m1/s1. The Bertz CT molecular complexity index is 796. The lowest BCUT2D eigenvalue weighted by Gasteiger charge is -2.63. The van der Waals surface area contributed by atoms with Gasteiger partial charge in [0.25, 0.3) is 0 Å². The number of ether oxygens (including phenoxy) is 2. The molecule has 0 radical (unpaired) electrons. The minimum absolute atomic E-state index is 0.0131. The first-order chi connectivity index (χ1) is 16.5. The van der Waals surface area contributed by atoms with Crippen LogP contribution in [0.3, 0.4) is 0 Å². The second-order valence-corrected chi connectivity index (χ2v) is 15.3. The molecule has 0 heterocycles. The van der Waals surface area contributed by atoms with Gasteiger partial charge in [0.05, 0.1) is 13.2 Å². The topological polar surface area (TPSA) is 61.8 Å². The average molecular weight is 550 g/mol. The van der Waals surface area contributed by atoms with Gasteiger partial charge in [-0.2, -0.15) is 0 Å². The first kappa shape index (κ1) is 27.9. The maximum absolute atomic E-state index is 11.8. The SMILES string of the molecule is COC(=O)CC[C@@H](C)[C@H]1CC[C@H]2[C@@H]3CC[C@@H]4C[C@H](OC(C)=O)CC[C@]4(C)[C@H]3C[C@H](OP(Cl)Cl)[C@]12C. The van der Waals surface area contributed by atoms with Gasteiger partial charge in [-0.1, -0.05) is 20.8 Å². The number of halogens is 2. The summed E-state index contributed by atoms with van der Waals surface area (Å²) in [6.45, 7) is 7.24. The zero-order valence-corrected chi connectivity index (χ0v) is 24.3. The number of rotatable bonds is 7. The molecule has 8 heteroatoms. The van der Waals surface area contributed by atoms with Crippen molar-refractivity contribution < 1.29 is 23.6 Å². The van der Waals surface area contributed by atoms with Crippen molar-refractivity contribution in [3.05, 3.63) is 0 Å². The van der Waals surface area contributed by atoms with Gasteiger partial charge in [-0.05, 0) is 121 Å². The van der Waals surface area contributed by atoms with Crippen molar-refractivity contribution in [3.8, 4) is 0 Å². The van der Waals surface area contributed by atoms with E-state index in [0.29, 0.717) is 41.9 Å². The molecule has 35 heavy (non-hydrogen) atoms. The van der Waals surface area contributed by atoms with Crippen LogP contribution >= 0.6 is 29.3 Å². The molecular formula is C27H43Cl2O5P. The molecule has 4 aliphatic rings. The molecule has 0 aromatic carbocycles. The summed E-state index contributed by atoms with van der Waals surface area (Å²) in [5.74, 6) is 3.03. The van der Waals surface area contributed by atoms with Gasteiger partial charge in [0.15, 0.2) is 0 Å². The average Bonchev–Trinajstić information content (AvgIpc) is 3.16. The van der Waals surface area contributed by atoms with E-state index in [1.807, 2.05) is 0 Å². The summed E-state index contributed by atoms with van der Waals surface area (Å²) in [6.07, 6.45) is 10.3. The molecule has 0 spiro atoms. The lowest BCUT2D eigenvalue weighted by Crippen LogP contribution is -2.59. The van der Waals surface area contributed by atoms with Gasteiger partial charge in [0, 0.05) is 18.8 Å². The fourth-order valence-electron chi connectivity index (χ4n) is 9.36. The molecule has 200 valence electrons. The smallest absolute Gasteiger partial charge is 0.305 e. The summed E-state index contributed by atoms with van der Waals surface area (Å²) in [6, 6.07) is 0. The third-order valence-corrected chi connectivity index (χ3v) is 11.9. The highest BCUT2D eigenvalue weighted by atomic mass is 35.9. The Kier molecular flexibility index (Phi) is 8.74. The minimum atomic E-state index is -1.50. The zero-order valence-electron chi connectivity index (χ0n) is 21.9. The second-order valence-electron chi connectivity index (χ2n) is 12.3. The number of esters is 2. The van der Waals surface area contributed by atoms with Crippen LogP contribution in [0.2, 0.25) is 0 Å². The van der Waals surface area contributed by atoms with Crippen molar-refractivity contribution in [3.63, 3.8) is 0 Å². The van der Waals surface area contributed by atoms with Crippen molar-refractivity contribution in [2.75, 3.05) is 7.11 Å². The van der Waals surface area contributed by atoms with Gasteiger partial charge in [0.2, 0.25) is 6.85 Å². The predicted molar refractivity (Wildman–Crippen MR) is 140 cm³/mol. The van der Waals surface area contributed by atoms with E-state index in [1.54, 1.807) is 0 Å². The number of carbonyl (C=O) groups excluding carboxylic acids is 2. The highest BCUT2D eigenvalue weighted by Gasteiger charge is 2.64. The second kappa shape index (κ2) is 11.0. The first-order valence-electron chi connectivity index (χ1n) is 13.5. The molecule has 0 aliphatic heterocycles. The maximum atomic E-state index is 11.8. The van der Waals surface area contributed by atoms with E-state index in [-0.39, 0.29) is 35.0 Å². The minimum Gasteiger partial charge on any atom is -0.469 e. The Morgan fingerprint density at radius 3 is 2.46 bits per heavy atom. The molecule has 0 aromatic rings. The van der Waals surface area contributed by atoms with Crippen molar-refractivity contribution in [2.24, 2.45) is 46.3 Å². The molecule has 4 fully saturated rings. The summed E-state index contributed by atoms with van der Waals surface area (Å²) in [5.41, 5.74) is 0.248.